The lowest BCUT2D eigenvalue weighted by Gasteiger charge is -2.14. The molecule has 26 heavy (non-hydrogen) atoms. The molecule has 0 amide bonds. The number of nitrogens with zero attached hydrogens (tertiary/aromatic N) is 3. The molecule has 2 aromatic rings. The van der Waals surface area contributed by atoms with Crippen LogP contribution in [0.4, 0.5) is 17.1 Å². The van der Waals surface area contributed by atoms with Crippen LogP contribution in [-0.4, -0.2) is 27.3 Å². The number of non-ortho nitro benzene ring substituents is 1. The van der Waals surface area contributed by atoms with E-state index in [4.69, 9.17) is 0 Å². The van der Waals surface area contributed by atoms with Crippen LogP contribution in [0.1, 0.15) is 18.9 Å². The fourth-order valence-electron chi connectivity index (χ4n) is 2.40. The largest absolute Gasteiger partial charge is 0.396 e. The molecule has 0 heterocycles. The molecule has 0 spiro atoms. The number of nitrogens with one attached hydrogen (secondary N) is 1. The van der Waals surface area contributed by atoms with Crippen LogP contribution in [0.2, 0.25) is 0 Å². The van der Waals surface area contributed by atoms with Crippen molar-refractivity contribution in [1.82, 2.24) is 0 Å². The average Bonchev–Trinajstić information content (AvgIpc) is 2.62. The molecule has 1 unspecified atom stereocenters. The fourth-order valence-corrected chi connectivity index (χ4v) is 2.40. The van der Waals surface area contributed by atoms with E-state index >= 15 is 0 Å². The van der Waals surface area contributed by atoms with E-state index in [1.54, 1.807) is 0 Å². The summed E-state index contributed by atoms with van der Waals surface area (Å²) in [5.41, 5.74) is 3.30. The minimum Gasteiger partial charge on any atom is -0.396 e. The summed E-state index contributed by atoms with van der Waals surface area (Å²) in [5.74, 6) is -0.105. The number of benzene rings is 2. The van der Waals surface area contributed by atoms with E-state index in [0.29, 0.717) is 12.1 Å². The number of aliphatic hydroxyl groups is 1. The van der Waals surface area contributed by atoms with E-state index in [2.05, 4.69) is 10.5 Å². The van der Waals surface area contributed by atoms with Gasteiger partial charge in [-0.3, -0.25) is 25.7 Å². The molecule has 2 rings (SSSR count). The van der Waals surface area contributed by atoms with E-state index in [1.807, 2.05) is 37.3 Å². The standard InChI is InChI=1S/C17H18N4O5/c1-12(9-10-22)17(13-5-3-2-4-6-13)19-18-15-8-7-14(20(23)24)11-16(15)21(25)26/h2-8,11-12,18,22H,9-10H2,1H3/b19-17-. The predicted molar refractivity (Wildman–Crippen MR) is 97.2 cm³/mol. The van der Waals surface area contributed by atoms with Gasteiger partial charge in [-0.1, -0.05) is 37.3 Å². The second kappa shape index (κ2) is 8.67. The number of rotatable bonds is 8. The summed E-state index contributed by atoms with van der Waals surface area (Å²) >= 11 is 0. The third-order valence-electron chi connectivity index (χ3n) is 3.78. The minimum absolute atomic E-state index is 0.0231. The SMILES string of the molecule is CC(CCO)/C(=N/Nc1ccc([N+](=O)[O-])cc1[N+](=O)[O-])c1ccccc1. The van der Waals surface area contributed by atoms with Crippen molar-refractivity contribution in [1.29, 1.82) is 0 Å². The van der Waals surface area contributed by atoms with Crippen molar-refractivity contribution in [2.24, 2.45) is 11.0 Å². The second-order valence-electron chi connectivity index (χ2n) is 5.60. The van der Waals surface area contributed by atoms with Crippen LogP contribution in [0.3, 0.4) is 0 Å². The maximum atomic E-state index is 11.2. The van der Waals surface area contributed by atoms with Gasteiger partial charge in [-0.15, -0.1) is 0 Å². The first-order chi connectivity index (χ1) is 12.4. The van der Waals surface area contributed by atoms with E-state index < -0.39 is 15.5 Å². The number of anilines is 1. The Morgan fingerprint density at radius 1 is 1.15 bits per heavy atom. The molecule has 1 atom stereocenters. The highest BCUT2D eigenvalue weighted by atomic mass is 16.6. The van der Waals surface area contributed by atoms with Crippen LogP contribution in [0.25, 0.3) is 0 Å². The summed E-state index contributed by atoms with van der Waals surface area (Å²) in [6.07, 6.45) is 0.470. The number of hydrogen-bond donors (Lipinski definition) is 2. The molecule has 0 saturated carbocycles. The number of aliphatic hydroxyl groups excluding tert-OH is 1. The van der Waals surface area contributed by atoms with Crippen LogP contribution < -0.4 is 5.43 Å². The van der Waals surface area contributed by atoms with Crippen molar-refractivity contribution >= 4 is 22.8 Å². The first kappa shape index (κ1) is 19.0. The van der Waals surface area contributed by atoms with Gasteiger partial charge in [0.25, 0.3) is 5.69 Å². The number of nitro benzene ring substituents is 2. The Bertz CT molecular complexity index is 823. The number of hydrazone groups is 1. The van der Waals surface area contributed by atoms with Crippen LogP contribution >= 0.6 is 0 Å². The molecule has 9 nitrogen and oxygen atoms in total. The van der Waals surface area contributed by atoms with Crippen LogP contribution in [0.5, 0.6) is 0 Å². The molecule has 0 aromatic heterocycles. The molecule has 0 bridgehead atoms. The third kappa shape index (κ3) is 4.61. The van der Waals surface area contributed by atoms with Crippen molar-refractivity contribution in [3.05, 3.63) is 74.3 Å². The average molecular weight is 358 g/mol. The lowest BCUT2D eigenvalue weighted by molar-refractivity contribution is -0.393. The highest BCUT2D eigenvalue weighted by molar-refractivity contribution is 6.02. The van der Waals surface area contributed by atoms with E-state index in [-0.39, 0.29) is 23.9 Å². The molecule has 0 aliphatic rings. The zero-order valence-corrected chi connectivity index (χ0v) is 14.0. The molecular weight excluding hydrogens is 340 g/mol. The quantitative estimate of drug-likeness (QED) is 0.423. The molecule has 136 valence electrons. The van der Waals surface area contributed by atoms with Crippen LogP contribution in [0, 0.1) is 26.1 Å². The monoisotopic (exact) mass is 358 g/mol. The lowest BCUT2D eigenvalue weighted by atomic mass is 9.96. The van der Waals surface area contributed by atoms with Gasteiger partial charge in [0.2, 0.25) is 0 Å². The van der Waals surface area contributed by atoms with Crippen molar-refractivity contribution in [3.63, 3.8) is 0 Å². The summed E-state index contributed by atoms with van der Waals surface area (Å²) in [5, 5.41) is 35.5. The van der Waals surface area contributed by atoms with Gasteiger partial charge in [0, 0.05) is 18.6 Å². The summed E-state index contributed by atoms with van der Waals surface area (Å²) in [6.45, 7) is 1.86. The van der Waals surface area contributed by atoms with Gasteiger partial charge in [-0.2, -0.15) is 5.10 Å². The maximum Gasteiger partial charge on any atom is 0.301 e. The van der Waals surface area contributed by atoms with Gasteiger partial charge in [0.1, 0.15) is 5.69 Å². The molecule has 0 aliphatic carbocycles. The summed E-state index contributed by atoms with van der Waals surface area (Å²) < 4.78 is 0. The van der Waals surface area contributed by atoms with Gasteiger partial charge < -0.3 is 5.11 Å². The second-order valence-corrected chi connectivity index (χ2v) is 5.60. The highest BCUT2D eigenvalue weighted by Crippen LogP contribution is 2.29. The predicted octanol–water partition coefficient (Wildman–Crippen LogP) is 3.34. The number of hydrogen-bond acceptors (Lipinski definition) is 7. The van der Waals surface area contributed by atoms with Gasteiger partial charge >= 0.3 is 5.69 Å². The van der Waals surface area contributed by atoms with Crippen molar-refractivity contribution in [2.75, 3.05) is 12.0 Å². The van der Waals surface area contributed by atoms with Crippen molar-refractivity contribution < 1.29 is 15.0 Å². The van der Waals surface area contributed by atoms with Gasteiger partial charge in [0.05, 0.1) is 21.6 Å². The van der Waals surface area contributed by atoms with Crippen molar-refractivity contribution in [2.45, 2.75) is 13.3 Å². The number of nitro groups is 2. The smallest absolute Gasteiger partial charge is 0.301 e. The van der Waals surface area contributed by atoms with Gasteiger partial charge in [0.15, 0.2) is 0 Å². The first-order valence-electron chi connectivity index (χ1n) is 7.86. The molecular formula is C17H18N4O5. The van der Waals surface area contributed by atoms with Crippen LogP contribution in [0.15, 0.2) is 53.6 Å². The Morgan fingerprint density at radius 3 is 2.42 bits per heavy atom. The summed E-state index contributed by atoms with van der Waals surface area (Å²) in [4.78, 5) is 20.6. The lowest BCUT2D eigenvalue weighted by Crippen LogP contribution is -2.16. The molecule has 0 fully saturated rings. The van der Waals surface area contributed by atoms with Crippen LogP contribution in [-0.2, 0) is 0 Å². The van der Waals surface area contributed by atoms with E-state index in [1.165, 1.54) is 12.1 Å². The first-order valence-corrected chi connectivity index (χ1v) is 7.86. The van der Waals surface area contributed by atoms with Crippen molar-refractivity contribution in [3.8, 4) is 0 Å². The zero-order chi connectivity index (χ0) is 19.1. The molecule has 0 saturated heterocycles. The fraction of sp³-hybridized carbons (Fsp3) is 0.235. The molecule has 2 aromatic carbocycles. The Kier molecular flexibility index (Phi) is 6.34. The van der Waals surface area contributed by atoms with E-state index in [0.717, 1.165) is 11.6 Å². The Balaban J connectivity index is 2.40. The Morgan fingerprint density at radius 2 is 1.85 bits per heavy atom. The molecule has 2 N–H and O–H groups in total. The third-order valence-corrected chi connectivity index (χ3v) is 3.78. The molecule has 0 aliphatic heterocycles. The minimum atomic E-state index is -0.704. The zero-order valence-electron chi connectivity index (χ0n) is 14.0. The normalized spacial score (nSPS) is 12.5. The highest BCUT2D eigenvalue weighted by Gasteiger charge is 2.20. The summed E-state index contributed by atoms with van der Waals surface area (Å²) in [7, 11) is 0. The van der Waals surface area contributed by atoms with E-state index in [9.17, 15) is 25.3 Å². The Hall–Kier alpha value is -3.33. The topological polar surface area (TPSA) is 131 Å². The molecule has 9 heteroatoms. The Labute approximate surface area is 149 Å². The maximum absolute atomic E-state index is 11.2. The van der Waals surface area contributed by atoms with Gasteiger partial charge in [-0.25, -0.2) is 0 Å². The summed E-state index contributed by atoms with van der Waals surface area (Å²) in [6, 6.07) is 12.5. The van der Waals surface area contributed by atoms with Gasteiger partial charge in [-0.05, 0) is 18.1 Å². The molecule has 0 radical (unpaired) electrons.